The van der Waals surface area contributed by atoms with E-state index in [2.05, 4.69) is 29.6 Å². The number of ether oxygens (including phenoxy) is 1. The minimum absolute atomic E-state index is 0.0683. The fourth-order valence-electron chi connectivity index (χ4n) is 4.49. The lowest BCUT2D eigenvalue weighted by atomic mass is 9.97. The molecule has 0 spiro atoms. The highest BCUT2D eigenvalue weighted by Gasteiger charge is 2.34. The molecule has 33 heavy (non-hydrogen) atoms. The van der Waals surface area contributed by atoms with Crippen LogP contribution < -0.4 is 5.32 Å². The van der Waals surface area contributed by atoms with Gasteiger partial charge >= 0.3 is 12.1 Å². The molecular formula is C26H32N2O5. The molecule has 2 amide bonds. The summed E-state index contributed by atoms with van der Waals surface area (Å²) in [6.45, 7) is 5.63. The topological polar surface area (TPSA) is 95.9 Å². The summed E-state index contributed by atoms with van der Waals surface area (Å²) in [6.07, 6.45) is -0.0942. The van der Waals surface area contributed by atoms with Gasteiger partial charge in [0.15, 0.2) is 0 Å². The molecule has 176 valence electrons. The third-order valence-corrected chi connectivity index (χ3v) is 6.36. The summed E-state index contributed by atoms with van der Waals surface area (Å²) in [7, 11) is 1.55. The van der Waals surface area contributed by atoms with Gasteiger partial charge in [0.05, 0.1) is 6.42 Å². The molecule has 0 bridgehead atoms. The summed E-state index contributed by atoms with van der Waals surface area (Å²) in [6, 6.07) is 14.9. The first-order chi connectivity index (χ1) is 15.7. The van der Waals surface area contributed by atoms with Crippen molar-refractivity contribution in [2.75, 3.05) is 13.7 Å². The molecule has 7 heteroatoms. The standard InChI is InChI=1S/C26H32N2O5/c1-5-16(2)24(25(31)27-17(3)14-23(29)30)28(4)26(32)33-15-22-20-12-8-6-10-18(20)19-11-7-9-13-21(19)22/h6-13,16-17,22,24H,5,14-15H2,1-4H3,(H,27,31)(H,29,30)/t16-,17+,24-/m0/s1. The van der Waals surface area contributed by atoms with Crippen LogP contribution in [0.5, 0.6) is 0 Å². The Labute approximate surface area is 194 Å². The van der Waals surface area contributed by atoms with E-state index in [0.717, 1.165) is 22.3 Å². The second-order valence-corrected chi connectivity index (χ2v) is 8.75. The van der Waals surface area contributed by atoms with Crippen LogP contribution in [0.3, 0.4) is 0 Å². The van der Waals surface area contributed by atoms with E-state index < -0.39 is 24.1 Å². The molecule has 7 nitrogen and oxygen atoms in total. The SMILES string of the molecule is CC[C@H](C)[C@@H](C(=O)N[C@H](C)CC(=O)O)N(C)C(=O)OCC1c2ccccc2-c2ccccc21. The highest BCUT2D eigenvalue weighted by atomic mass is 16.6. The van der Waals surface area contributed by atoms with Crippen molar-refractivity contribution in [2.24, 2.45) is 5.92 Å². The Bertz CT molecular complexity index is 976. The Balaban J connectivity index is 1.72. The fourth-order valence-corrected chi connectivity index (χ4v) is 4.49. The Hall–Kier alpha value is -3.35. The zero-order valence-corrected chi connectivity index (χ0v) is 19.6. The Morgan fingerprint density at radius 2 is 1.58 bits per heavy atom. The first kappa shape index (κ1) is 24.3. The van der Waals surface area contributed by atoms with E-state index in [1.54, 1.807) is 14.0 Å². The quantitative estimate of drug-likeness (QED) is 0.593. The van der Waals surface area contributed by atoms with Crippen LogP contribution in [0.2, 0.25) is 0 Å². The molecule has 0 saturated heterocycles. The zero-order chi connectivity index (χ0) is 24.1. The number of likely N-dealkylation sites (N-methyl/N-ethyl adjacent to an activating group) is 1. The van der Waals surface area contributed by atoms with Crippen molar-refractivity contribution in [3.63, 3.8) is 0 Å². The number of nitrogens with one attached hydrogen (secondary N) is 1. The number of carboxylic acids is 1. The van der Waals surface area contributed by atoms with Gasteiger partial charge in [-0.05, 0) is 35.1 Å². The van der Waals surface area contributed by atoms with Crippen molar-refractivity contribution in [1.82, 2.24) is 10.2 Å². The van der Waals surface area contributed by atoms with Crippen LogP contribution in [0.1, 0.15) is 50.7 Å². The number of amides is 2. The number of benzene rings is 2. The molecule has 3 rings (SSSR count). The summed E-state index contributed by atoms with van der Waals surface area (Å²) < 4.78 is 5.71. The van der Waals surface area contributed by atoms with Crippen molar-refractivity contribution in [1.29, 1.82) is 0 Å². The van der Waals surface area contributed by atoms with E-state index in [-0.39, 0.29) is 30.8 Å². The number of carboxylic acid groups (broad SMARTS) is 1. The molecule has 0 unspecified atom stereocenters. The Kier molecular flexibility index (Phi) is 7.74. The van der Waals surface area contributed by atoms with Gasteiger partial charge in [-0.25, -0.2) is 4.79 Å². The van der Waals surface area contributed by atoms with Gasteiger partial charge in [0.2, 0.25) is 5.91 Å². The normalized spacial score (nSPS) is 15.0. The molecule has 0 saturated carbocycles. The maximum Gasteiger partial charge on any atom is 0.410 e. The van der Waals surface area contributed by atoms with E-state index in [4.69, 9.17) is 9.84 Å². The van der Waals surface area contributed by atoms with Gasteiger partial charge in [-0.2, -0.15) is 0 Å². The van der Waals surface area contributed by atoms with Crippen LogP contribution in [0, 0.1) is 5.92 Å². The van der Waals surface area contributed by atoms with Gasteiger partial charge in [-0.15, -0.1) is 0 Å². The minimum Gasteiger partial charge on any atom is -0.481 e. The lowest BCUT2D eigenvalue weighted by Crippen LogP contribution is -2.53. The van der Waals surface area contributed by atoms with Crippen LogP contribution in [-0.4, -0.2) is 53.7 Å². The molecule has 0 fully saturated rings. The Morgan fingerprint density at radius 1 is 1.03 bits per heavy atom. The van der Waals surface area contributed by atoms with Crippen molar-refractivity contribution >= 4 is 18.0 Å². The molecule has 1 aliphatic rings. The molecule has 0 aromatic heterocycles. The largest absolute Gasteiger partial charge is 0.481 e. The zero-order valence-electron chi connectivity index (χ0n) is 19.6. The highest BCUT2D eigenvalue weighted by molar-refractivity contribution is 5.86. The summed E-state index contributed by atoms with van der Waals surface area (Å²) in [5.41, 5.74) is 4.53. The second kappa shape index (κ2) is 10.5. The van der Waals surface area contributed by atoms with Crippen molar-refractivity contribution in [3.8, 4) is 11.1 Å². The number of carbonyl (C=O) groups excluding carboxylic acids is 2. The van der Waals surface area contributed by atoms with E-state index in [1.165, 1.54) is 4.90 Å². The molecule has 2 aromatic rings. The second-order valence-electron chi connectivity index (χ2n) is 8.75. The molecule has 1 aliphatic carbocycles. The molecule has 0 heterocycles. The van der Waals surface area contributed by atoms with Crippen molar-refractivity contribution in [2.45, 2.75) is 51.6 Å². The summed E-state index contributed by atoms with van der Waals surface area (Å²) in [5.74, 6) is -1.57. The number of aliphatic carboxylic acids is 1. The van der Waals surface area contributed by atoms with Crippen LogP contribution in [0.4, 0.5) is 4.79 Å². The third kappa shape index (κ3) is 5.35. The van der Waals surface area contributed by atoms with Crippen LogP contribution in [-0.2, 0) is 14.3 Å². The number of fused-ring (bicyclic) bond motifs is 3. The molecule has 2 aromatic carbocycles. The Morgan fingerprint density at radius 3 is 2.09 bits per heavy atom. The molecule has 0 radical (unpaired) electrons. The van der Waals surface area contributed by atoms with Gasteiger partial charge in [0.1, 0.15) is 12.6 Å². The van der Waals surface area contributed by atoms with Crippen LogP contribution in [0.25, 0.3) is 11.1 Å². The highest BCUT2D eigenvalue weighted by Crippen LogP contribution is 2.44. The van der Waals surface area contributed by atoms with Gasteiger partial charge in [-0.1, -0.05) is 68.8 Å². The summed E-state index contributed by atoms with van der Waals surface area (Å²) in [4.78, 5) is 38.2. The van der Waals surface area contributed by atoms with Gasteiger partial charge in [-0.3, -0.25) is 14.5 Å². The lowest BCUT2D eigenvalue weighted by Gasteiger charge is -2.32. The fraction of sp³-hybridized carbons (Fsp3) is 0.423. The van der Waals surface area contributed by atoms with Crippen molar-refractivity contribution in [3.05, 3.63) is 59.7 Å². The van der Waals surface area contributed by atoms with Crippen molar-refractivity contribution < 1.29 is 24.2 Å². The maximum atomic E-state index is 13.0. The molecule has 0 aliphatic heterocycles. The first-order valence-corrected chi connectivity index (χ1v) is 11.3. The average molecular weight is 453 g/mol. The first-order valence-electron chi connectivity index (χ1n) is 11.3. The van der Waals surface area contributed by atoms with E-state index >= 15 is 0 Å². The van der Waals surface area contributed by atoms with E-state index in [9.17, 15) is 14.4 Å². The monoisotopic (exact) mass is 452 g/mol. The number of hydrogen-bond donors (Lipinski definition) is 2. The minimum atomic E-state index is -0.993. The number of carbonyl (C=O) groups is 3. The third-order valence-electron chi connectivity index (χ3n) is 6.36. The number of hydrogen-bond acceptors (Lipinski definition) is 4. The van der Waals surface area contributed by atoms with Gasteiger partial charge < -0.3 is 15.2 Å². The lowest BCUT2D eigenvalue weighted by molar-refractivity contribution is -0.137. The summed E-state index contributed by atoms with van der Waals surface area (Å²) in [5, 5.41) is 11.7. The van der Waals surface area contributed by atoms with E-state index in [0.29, 0.717) is 6.42 Å². The van der Waals surface area contributed by atoms with Crippen LogP contribution in [0.15, 0.2) is 48.5 Å². The molecule has 3 atom stereocenters. The number of rotatable bonds is 9. The average Bonchev–Trinajstić information content (AvgIpc) is 3.10. The van der Waals surface area contributed by atoms with Crippen LogP contribution >= 0.6 is 0 Å². The van der Waals surface area contributed by atoms with Gasteiger partial charge in [0, 0.05) is 19.0 Å². The molecule has 2 N–H and O–H groups in total. The summed E-state index contributed by atoms with van der Waals surface area (Å²) >= 11 is 0. The predicted molar refractivity (Wildman–Crippen MR) is 126 cm³/mol. The van der Waals surface area contributed by atoms with Gasteiger partial charge in [0.25, 0.3) is 0 Å². The predicted octanol–water partition coefficient (Wildman–Crippen LogP) is 4.26. The molecular weight excluding hydrogens is 420 g/mol. The smallest absolute Gasteiger partial charge is 0.410 e. The maximum absolute atomic E-state index is 13.0. The number of nitrogens with zero attached hydrogens (tertiary/aromatic N) is 1. The van der Waals surface area contributed by atoms with E-state index in [1.807, 2.05) is 38.1 Å².